The highest BCUT2D eigenvalue weighted by molar-refractivity contribution is 9.10. The summed E-state index contributed by atoms with van der Waals surface area (Å²) < 4.78 is 2.88. The molecule has 84 valence electrons. The normalized spacial score (nSPS) is 10.4. The molecule has 2 aromatic rings. The van der Waals surface area contributed by atoms with Gasteiger partial charge in [0.05, 0.1) is 11.0 Å². The van der Waals surface area contributed by atoms with Gasteiger partial charge in [-0.3, -0.25) is 4.68 Å². The van der Waals surface area contributed by atoms with E-state index in [9.17, 15) is 0 Å². The molecule has 2 heterocycles. The molecule has 0 aliphatic carbocycles. The minimum atomic E-state index is 0.802. The van der Waals surface area contributed by atoms with Crippen LogP contribution in [0.3, 0.4) is 0 Å². The third-order valence-electron chi connectivity index (χ3n) is 2.17. The third kappa shape index (κ3) is 2.82. The lowest BCUT2D eigenvalue weighted by atomic mass is 10.3. The predicted molar refractivity (Wildman–Crippen MR) is 67.4 cm³/mol. The number of aryl methyl sites for hydroxylation is 1. The van der Waals surface area contributed by atoms with Crippen molar-refractivity contribution in [1.82, 2.24) is 14.8 Å². The molecule has 0 radical (unpaired) electrons. The quantitative estimate of drug-likeness (QED) is 0.936. The summed E-state index contributed by atoms with van der Waals surface area (Å²) in [4.78, 5) is 4.31. The van der Waals surface area contributed by atoms with Crippen LogP contribution in [0.15, 0.2) is 35.2 Å². The van der Waals surface area contributed by atoms with E-state index in [-0.39, 0.29) is 0 Å². The second kappa shape index (κ2) is 5.12. The smallest absolute Gasteiger partial charge is 0.140 e. The first-order valence-corrected chi connectivity index (χ1v) is 5.88. The Morgan fingerprint density at radius 3 is 3.06 bits per heavy atom. The summed E-state index contributed by atoms with van der Waals surface area (Å²) in [5, 5.41) is 7.39. The van der Waals surface area contributed by atoms with Crippen molar-refractivity contribution in [2.75, 3.05) is 11.9 Å². The van der Waals surface area contributed by atoms with Crippen molar-refractivity contribution < 1.29 is 0 Å². The van der Waals surface area contributed by atoms with Crippen molar-refractivity contribution in [3.05, 3.63) is 40.8 Å². The van der Waals surface area contributed by atoms with Gasteiger partial charge in [0.1, 0.15) is 5.82 Å². The monoisotopic (exact) mass is 280 g/mol. The van der Waals surface area contributed by atoms with Crippen LogP contribution in [0.1, 0.15) is 5.56 Å². The molecule has 0 bridgehead atoms. The van der Waals surface area contributed by atoms with E-state index >= 15 is 0 Å². The Labute approximate surface area is 103 Å². The van der Waals surface area contributed by atoms with Gasteiger partial charge in [-0.1, -0.05) is 0 Å². The molecule has 4 nitrogen and oxygen atoms in total. The minimum Gasteiger partial charge on any atom is -0.367 e. The SMILES string of the molecule is Cc1cnc(NCCn2cccn2)c(Br)c1. The average molecular weight is 281 g/mol. The first-order chi connectivity index (χ1) is 7.75. The van der Waals surface area contributed by atoms with E-state index in [4.69, 9.17) is 0 Å². The van der Waals surface area contributed by atoms with Crippen LogP contribution in [0.2, 0.25) is 0 Å². The Morgan fingerprint density at radius 2 is 2.38 bits per heavy atom. The fraction of sp³-hybridized carbons (Fsp3) is 0.273. The van der Waals surface area contributed by atoms with Gasteiger partial charge in [0.15, 0.2) is 0 Å². The summed E-state index contributed by atoms with van der Waals surface area (Å²) in [5.74, 6) is 0.873. The molecule has 0 aliphatic rings. The van der Waals surface area contributed by atoms with Crippen molar-refractivity contribution in [2.45, 2.75) is 13.5 Å². The zero-order chi connectivity index (χ0) is 11.4. The number of halogens is 1. The van der Waals surface area contributed by atoms with Gasteiger partial charge in [0.25, 0.3) is 0 Å². The molecular formula is C11H13BrN4. The van der Waals surface area contributed by atoms with Gasteiger partial charge in [-0.25, -0.2) is 4.98 Å². The van der Waals surface area contributed by atoms with Gasteiger partial charge in [0.2, 0.25) is 0 Å². The standard InChI is InChI=1S/C11H13BrN4/c1-9-7-10(12)11(14-8-9)13-4-6-16-5-2-3-15-16/h2-3,5,7-8H,4,6H2,1H3,(H,13,14). The molecule has 2 aromatic heterocycles. The Hall–Kier alpha value is -1.36. The second-order valence-electron chi connectivity index (χ2n) is 3.54. The zero-order valence-electron chi connectivity index (χ0n) is 9.02. The number of nitrogens with one attached hydrogen (secondary N) is 1. The molecular weight excluding hydrogens is 268 g/mol. The topological polar surface area (TPSA) is 42.7 Å². The molecule has 2 rings (SSSR count). The molecule has 0 atom stereocenters. The number of anilines is 1. The van der Waals surface area contributed by atoms with Crippen LogP contribution in [-0.2, 0) is 6.54 Å². The lowest BCUT2D eigenvalue weighted by molar-refractivity contribution is 0.637. The molecule has 0 unspecified atom stereocenters. The summed E-state index contributed by atoms with van der Waals surface area (Å²) in [7, 11) is 0. The van der Waals surface area contributed by atoms with Crippen molar-refractivity contribution in [1.29, 1.82) is 0 Å². The molecule has 0 amide bonds. The summed E-state index contributed by atoms with van der Waals surface area (Å²) in [6.07, 6.45) is 5.57. The van der Waals surface area contributed by atoms with E-state index in [2.05, 4.69) is 31.3 Å². The number of pyridine rings is 1. The van der Waals surface area contributed by atoms with E-state index in [0.717, 1.165) is 28.9 Å². The molecule has 0 spiro atoms. The van der Waals surface area contributed by atoms with Gasteiger partial charge in [-0.05, 0) is 40.5 Å². The molecule has 0 fully saturated rings. The summed E-state index contributed by atoms with van der Waals surface area (Å²) in [5.41, 5.74) is 1.14. The molecule has 16 heavy (non-hydrogen) atoms. The van der Waals surface area contributed by atoms with Crippen LogP contribution in [0.5, 0.6) is 0 Å². The van der Waals surface area contributed by atoms with E-state index in [0.29, 0.717) is 0 Å². The van der Waals surface area contributed by atoms with Crippen LogP contribution in [0.25, 0.3) is 0 Å². The number of aromatic nitrogens is 3. The first kappa shape index (κ1) is 11.1. The van der Waals surface area contributed by atoms with E-state index < -0.39 is 0 Å². The number of rotatable bonds is 4. The van der Waals surface area contributed by atoms with E-state index in [1.165, 1.54) is 0 Å². The highest BCUT2D eigenvalue weighted by Gasteiger charge is 2.00. The summed E-state index contributed by atoms with van der Waals surface area (Å²) in [6.45, 7) is 3.65. The fourth-order valence-electron chi connectivity index (χ4n) is 1.39. The lowest BCUT2D eigenvalue weighted by Crippen LogP contribution is -2.11. The maximum atomic E-state index is 4.31. The number of hydrogen-bond acceptors (Lipinski definition) is 3. The van der Waals surface area contributed by atoms with E-state index in [1.807, 2.05) is 36.1 Å². The van der Waals surface area contributed by atoms with Crippen LogP contribution in [-0.4, -0.2) is 21.3 Å². The van der Waals surface area contributed by atoms with Crippen molar-refractivity contribution in [3.8, 4) is 0 Å². The van der Waals surface area contributed by atoms with Crippen LogP contribution in [0, 0.1) is 6.92 Å². The Balaban J connectivity index is 1.90. The summed E-state index contributed by atoms with van der Waals surface area (Å²) in [6, 6.07) is 3.96. The summed E-state index contributed by atoms with van der Waals surface area (Å²) >= 11 is 3.48. The zero-order valence-corrected chi connectivity index (χ0v) is 10.6. The van der Waals surface area contributed by atoms with Crippen LogP contribution < -0.4 is 5.32 Å². The minimum absolute atomic E-state index is 0.802. The van der Waals surface area contributed by atoms with Crippen LogP contribution >= 0.6 is 15.9 Å². The van der Waals surface area contributed by atoms with Crippen molar-refractivity contribution in [3.63, 3.8) is 0 Å². The van der Waals surface area contributed by atoms with Gasteiger partial charge < -0.3 is 5.32 Å². The fourth-order valence-corrected chi connectivity index (χ4v) is 1.99. The maximum Gasteiger partial charge on any atom is 0.140 e. The molecule has 0 aromatic carbocycles. The largest absolute Gasteiger partial charge is 0.367 e. The molecule has 1 N–H and O–H groups in total. The maximum absolute atomic E-state index is 4.31. The Morgan fingerprint density at radius 1 is 1.50 bits per heavy atom. The van der Waals surface area contributed by atoms with Crippen molar-refractivity contribution in [2.24, 2.45) is 0 Å². The first-order valence-electron chi connectivity index (χ1n) is 5.09. The second-order valence-corrected chi connectivity index (χ2v) is 4.39. The Bertz CT molecular complexity index is 453. The van der Waals surface area contributed by atoms with E-state index in [1.54, 1.807) is 6.20 Å². The van der Waals surface area contributed by atoms with Gasteiger partial charge >= 0.3 is 0 Å². The Kier molecular flexibility index (Phi) is 3.56. The third-order valence-corrected chi connectivity index (χ3v) is 2.77. The van der Waals surface area contributed by atoms with Gasteiger partial charge in [0, 0.05) is 25.1 Å². The van der Waals surface area contributed by atoms with Crippen molar-refractivity contribution >= 4 is 21.7 Å². The van der Waals surface area contributed by atoms with Gasteiger partial charge in [-0.2, -0.15) is 5.10 Å². The number of hydrogen-bond donors (Lipinski definition) is 1. The molecule has 0 aliphatic heterocycles. The average Bonchev–Trinajstić information content (AvgIpc) is 2.74. The molecule has 0 saturated heterocycles. The molecule has 5 heteroatoms. The number of nitrogens with zero attached hydrogens (tertiary/aromatic N) is 3. The van der Waals surface area contributed by atoms with Crippen LogP contribution in [0.4, 0.5) is 5.82 Å². The highest BCUT2D eigenvalue weighted by Crippen LogP contribution is 2.19. The highest BCUT2D eigenvalue weighted by atomic mass is 79.9. The lowest BCUT2D eigenvalue weighted by Gasteiger charge is -2.07. The predicted octanol–water partition coefficient (Wildman–Crippen LogP) is 2.46. The van der Waals surface area contributed by atoms with Gasteiger partial charge in [-0.15, -0.1) is 0 Å². The molecule has 0 saturated carbocycles.